The molecule has 1 atom stereocenters. The molecule has 0 aliphatic carbocycles. The van der Waals surface area contributed by atoms with Gasteiger partial charge in [-0.1, -0.05) is 28.1 Å². The van der Waals surface area contributed by atoms with Crippen molar-refractivity contribution in [1.29, 1.82) is 0 Å². The van der Waals surface area contributed by atoms with Crippen molar-refractivity contribution in [2.45, 2.75) is 39.8 Å². The number of aromatic nitrogens is 3. The van der Waals surface area contributed by atoms with Crippen molar-refractivity contribution in [3.8, 4) is 0 Å². The van der Waals surface area contributed by atoms with Crippen LogP contribution >= 0.6 is 15.9 Å². The van der Waals surface area contributed by atoms with E-state index in [9.17, 15) is 19.5 Å². The van der Waals surface area contributed by atoms with Crippen molar-refractivity contribution in [2.75, 3.05) is 13.2 Å². The maximum atomic E-state index is 13.3. The Morgan fingerprint density at radius 2 is 2.03 bits per heavy atom. The number of nitrogens with zero attached hydrogens (tertiary/aromatic N) is 3. The number of halogens is 1. The SMILES string of the molecule is CCOC(=O)c1[nH]c(C)c(C(O)=C2C(=O)C(=O)N(CCCn3ccnc3)[C@@H]2c2cccc(Br)c2)c1C. The van der Waals surface area contributed by atoms with Gasteiger partial charge in [0, 0.05) is 41.2 Å². The third-order valence-electron chi connectivity index (χ3n) is 6.23. The summed E-state index contributed by atoms with van der Waals surface area (Å²) in [6.07, 6.45) is 5.79. The summed E-state index contributed by atoms with van der Waals surface area (Å²) in [4.78, 5) is 47.4. The molecule has 188 valence electrons. The standard InChI is InChI=1S/C26H27BrN4O5/c1-4-36-26(35)21-15(2)19(16(3)29-21)23(32)20-22(17-7-5-8-18(27)13-17)31(25(34)24(20)33)11-6-10-30-12-9-28-14-30/h5,7-9,12-14,22,29,32H,4,6,10-11H2,1-3H3/t22-/m1/s1. The number of carbonyl (C=O) groups is 3. The van der Waals surface area contributed by atoms with Gasteiger partial charge in [-0.15, -0.1) is 0 Å². The van der Waals surface area contributed by atoms with Gasteiger partial charge in [0.15, 0.2) is 0 Å². The lowest BCUT2D eigenvalue weighted by atomic mass is 9.94. The fraction of sp³-hybridized carbons (Fsp3) is 0.308. The molecule has 36 heavy (non-hydrogen) atoms. The summed E-state index contributed by atoms with van der Waals surface area (Å²) in [6.45, 7) is 6.18. The van der Waals surface area contributed by atoms with Gasteiger partial charge in [-0.05, 0) is 50.5 Å². The van der Waals surface area contributed by atoms with Gasteiger partial charge in [0.2, 0.25) is 0 Å². The van der Waals surface area contributed by atoms with E-state index in [1.54, 1.807) is 33.3 Å². The van der Waals surface area contributed by atoms with Gasteiger partial charge in [0.05, 0.1) is 24.5 Å². The molecule has 3 aromatic rings. The molecule has 1 saturated heterocycles. The number of aliphatic hydroxyl groups excluding tert-OH is 1. The van der Waals surface area contributed by atoms with Crippen LogP contribution in [0.4, 0.5) is 0 Å². The van der Waals surface area contributed by atoms with E-state index in [4.69, 9.17) is 4.74 Å². The number of hydrogen-bond acceptors (Lipinski definition) is 6. The quantitative estimate of drug-likeness (QED) is 0.186. The van der Waals surface area contributed by atoms with E-state index in [1.807, 2.05) is 35.0 Å². The highest BCUT2D eigenvalue weighted by Crippen LogP contribution is 2.41. The van der Waals surface area contributed by atoms with Gasteiger partial charge >= 0.3 is 5.97 Å². The molecule has 0 spiro atoms. The lowest BCUT2D eigenvalue weighted by Gasteiger charge is -2.25. The van der Waals surface area contributed by atoms with E-state index in [-0.39, 0.29) is 23.6 Å². The lowest BCUT2D eigenvalue weighted by molar-refractivity contribution is -0.139. The second-order valence-corrected chi connectivity index (χ2v) is 9.46. The fourth-order valence-corrected chi connectivity index (χ4v) is 5.04. The highest BCUT2D eigenvalue weighted by atomic mass is 79.9. The Balaban J connectivity index is 1.79. The Kier molecular flexibility index (Phi) is 7.44. The molecule has 0 unspecified atom stereocenters. The molecule has 0 saturated carbocycles. The minimum atomic E-state index is -0.787. The number of Topliss-reactive ketones (excluding diaryl/α,β-unsaturated/α-hetero) is 1. The van der Waals surface area contributed by atoms with Crippen LogP contribution < -0.4 is 0 Å². The Morgan fingerprint density at radius 1 is 1.25 bits per heavy atom. The first-order chi connectivity index (χ1) is 17.2. The van der Waals surface area contributed by atoms with Gasteiger partial charge in [-0.2, -0.15) is 0 Å². The number of hydrogen-bond donors (Lipinski definition) is 2. The van der Waals surface area contributed by atoms with E-state index in [0.29, 0.717) is 41.9 Å². The second-order valence-electron chi connectivity index (χ2n) is 8.55. The van der Waals surface area contributed by atoms with Crippen molar-refractivity contribution in [1.82, 2.24) is 19.4 Å². The third-order valence-corrected chi connectivity index (χ3v) is 6.73. The maximum absolute atomic E-state index is 13.3. The first-order valence-electron chi connectivity index (χ1n) is 11.6. The first kappa shape index (κ1) is 25.4. The Labute approximate surface area is 216 Å². The summed E-state index contributed by atoms with van der Waals surface area (Å²) in [5, 5.41) is 11.5. The highest BCUT2D eigenvalue weighted by molar-refractivity contribution is 9.10. The summed E-state index contributed by atoms with van der Waals surface area (Å²) in [7, 11) is 0. The monoisotopic (exact) mass is 554 g/mol. The van der Waals surface area contributed by atoms with E-state index < -0.39 is 23.7 Å². The molecule has 2 N–H and O–H groups in total. The molecular weight excluding hydrogens is 528 g/mol. The van der Waals surface area contributed by atoms with E-state index in [0.717, 1.165) is 4.47 Å². The zero-order chi connectivity index (χ0) is 26.0. The number of aryl methyl sites for hydroxylation is 2. The van der Waals surface area contributed by atoms with Crippen LogP contribution in [0, 0.1) is 13.8 Å². The number of ketones is 1. The molecular formula is C26H27BrN4O5. The average Bonchev–Trinajstić information content (AvgIpc) is 3.52. The van der Waals surface area contributed by atoms with Crippen molar-refractivity contribution in [3.05, 3.63) is 81.1 Å². The van der Waals surface area contributed by atoms with Crippen molar-refractivity contribution < 1.29 is 24.2 Å². The van der Waals surface area contributed by atoms with Crippen LogP contribution in [0.1, 0.15) is 52.3 Å². The number of aliphatic hydroxyl groups is 1. The smallest absolute Gasteiger partial charge is 0.355 e. The number of imidazole rings is 1. The molecule has 9 nitrogen and oxygen atoms in total. The van der Waals surface area contributed by atoms with Crippen LogP contribution in [0.5, 0.6) is 0 Å². The summed E-state index contributed by atoms with van der Waals surface area (Å²) < 4.78 is 7.78. The van der Waals surface area contributed by atoms with Crippen LogP contribution in [0.25, 0.3) is 5.76 Å². The summed E-state index contributed by atoms with van der Waals surface area (Å²) in [5.74, 6) is -2.32. The Hall–Kier alpha value is -3.66. The van der Waals surface area contributed by atoms with Gasteiger partial charge in [0.25, 0.3) is 11.7 Å². The molecule has 1 aliphatic rings. The van der Waals surface area contributed by atoms with Crippen molar-refractivity contribution in [3.63, 3.8) is 0 Å². The largest absolute Gasteiger partial charge is 0.507 e. The fourth-order valence-electron chi connectivity index (χ4n) is 4.62. The minimum Gasteiger partial charge on any atom is -0.507 e. The van der Waals surface area contributed by atoms with Gasteiger partial charge < -0.3 is 24.3 Å². The van der Waals surface area contributed by atoms with Crippen molar-refractivity contribution in [2.24, 2.45) is 0 Å². The molecule has 2 aromatic heterocycles. The van der Waals surface area contributed by atoms with E-state index in [1.165, 1.54) is 4.90 Å². The number of ether oxygens (including phenoxy) is 1. The zero-order valence-corrected chi connectivity index (χ0v) is 21.8. The number of likely N-dealkylation sites (tertiary alicyclic amines) is 1. The number of benzene rings is 1. The maximum Gasteiger partial charge on any atom is 0.355 e. The third kappa shape index (κ3) is 4.73. The van der Waals surface area contributed by atoms with Crippen molar-refractivity contribution >= 4 is 39.3 Å². The Morgan fingerprint density at radius 3 is 2.69 bits per heavy atom. The lowest BCUT2D eigenvalue weighted by Crippen LogP contribution is -2.31. The molecule has 0 bridgehead atoms. The van der Waals surface area contributed by atoms with Crippen LogP contribution in [-0.4, -0.2) is 55.4 Å². The number of rotatable bonds is 8. The summed E-state index contributed by atoms with van der Waals surface area (Å²) in [6, 6.07) is 6.52. The average molecular weight is 555 g/mol. The van der Waals surface area contributed by atoms with E-state index >= 15 is 0 Å². The number of amides is 1. The summed E-state index contributed by atoms with van der Waals surface area (Å²) in [5.41, 5.74) is 2.12. The van der Waals surface area contributed by atoms with Gasteiger partial charge in [0.1, 0.15) is 11.5 Å². The number of carbonyl (C=O) groups excluding carboxylic acids is 3. The predicted octanol–water partition coefficient (Wildman–Crippen LogP) is 4.28. The molecule has 1 aliphatic heterocycles. The van der Waals surface area contributed by atoms with E-state index in [2.05, 4.69) is 25.9 Å². The van der Waals surface area contributed by atoms with Crippen LogP contribution in [0.15, 0.2) is 53.0 Å². The number of esters is 1. The minimum absolute atomic E-state index is 0.0126. The number of nitrogens with one attached hydrogen (secondary N) is 1. The second kappa shape index (κ2) is 10.5. The molecule has 1 aromatic carbocycles. The van der Waals surface area contributed by atoms with Gasteiger partial charge in [-0.25, -0.2) is 9.78 Å². The molecule has 1 fully saturated rings. The zero-order valence-electron chi connectivity index (χ0n) is 20.2. The molecule has 3 heterocycles. The highest BCUT2D eigenvalue weighted by Gasteiger charge is 2.46. The molecule has 4 rings (SSSR count). The van der Waals surface area contributed by atoms with Crippen LogP contribution in [0.3, 0.4) is 0 Å². The topological polar surface area (TPSA) is 118 Å². The Bertz CT molecular complexity index is 1340. The van der Waals surface area contributed by atoms with Crippen LogP contribution in [0.2, 0.25) is 0 Å². The summed E-state index contributed by atoms with van der Waals surface area (Å²) >= 11 is 3.46. The number of aromatic amines is 1. The molecule has 0 radical (unpaired) electrons. The normalized spacial score (nSPS) is 17.1. The molecule has 1 amide bonds. The predicted molar refractivity (Wildman–Crippen MR) is 136 cm³/mol. The first-order valence-corrected chi connectivity index (χ1v) is 12.4. The molecule has 10 heteroatoms. The van der Waals surface area contributed by atoms with Gasteiger partial charge in [-0.3, -0.25) is 9.59 Å². The van der Waals surface area contributed by atoms with Crippen LogP contribution in [-0.2, 0) is 20.9 Å². The number of H-pyrrole nitrogens is 1.